The number of imide groups is 1. The Balaban J connectivity index is 2.18. The predicted octanol–water partition coefficient (Wildman–Crippen LogP) is 1.26. The number of hydrogen-bond acceptors (Lipinski definition) is 4. The number of rotatable bonds is 2. The van der Waals surface area contributed by atoms with E-state index in [2.05, 4.69) is 10.3 Å². The molecular formula is C13H15N3O2S. The molecule has 1 N–H and O–H groups in total. The summed E-state index contributed by atoms with van der Waals surface area (Å²) in [6.45, 7) is 0. The minimum absolute atomic E-state index is 0.166. The van der Waals surface area contributed by atoms with Crippen LogP contribution in [0.5, 0.6) is 0 Å². The van der Waals surface area contributed by atoms with Crippen LogP contribution < -0.4 is 10.2 Å². The molecule has 1 aromatic rings. The largest absolute Gasteiger partial charge is 0.368 e. The fourth-order valence-electron chi connectivity index (χ4n) is 1.90. The van der Waals surface area contributed by atoms with Crippen LogP contribution in [0.3, 0.4) is 0 Å². The fourth-order valence-corrected chi connectivity index (χ4v) is 2.83. The third kappa shape index (κ3) is 2.78. The van der Waals surface area contributed by atoms with Gasteiger partial charge in [0.05, 0.1) is 5.69 Å². The van der Waals surface area contributed by atoms with Crippen molar-refractivity contribution in [1.29, 1.82) is 0 Å². The monoisotopic (exact) mass is 277 g/mol. The van der Waals surface area contributed by atoms with Gasteiger partial charge in [-0.15, -0.1) is 0 Å². The molecule has 1 aliphatic heterocycles. The number of para-hydroxylation sites is 1. The van der Waals surface area contributed by atoms with Gasteiger partial charge in [0.25, 0.3) is 0 Å². The molecule has 0 aliphatic carbocycles. The summed E-state index contributed by atoms with van der Waals surface area (Å²) < 4.78 is 0. The molecule has 0 aromatic heterocycles. The van der Waals surface area contributed by atoms with E-state index >= 15 is 0 Å². The number of nitrogens with one attached hydrogen (secondary N) is 1. The highest BCUT2D eigenvalue weighted by Crippen LogP contribution is 2.29. The summed E-state index contributed by atoms with van der Waals surface area (Å²) in [6.07, 6.45) is 0.207. The molecule has 2 amide bonds. The Kier molecular flexibility index (Phi) is 4.21. The number of nitrogens with zero attached hydrogens (tertiary/aromatic N) is 2. The quantitative estimate of drug-likeness (QED) is 0.502. The minimum Gasteiger partial charge on any atom is -0.368 e. The van der Waals surface area contributed by atoms with Crippen LogP contribution in [-0.4, -0.2) is 36.3 Å². The van der Waals surface area contributed by atoms with Gasteiger partial charge in [-0.05, 0) is 12.1 Å². The summed E-state index contributed by atoms with van der Waals surface area (Å²) in [7, 11) is 3.39. The van der Waals surface area contributed by atoms with Crippen molar-refractivity contribution in [1.82, 2.24) is 5.32 Å². The van der Waals surface area contributed by atoms with Crippen LogP contribution >= 0.6 is 11.8 Å². The van der Waals surface area contributed by atoms with E-state index in [1.165, 1.54) is 16.7 Å². The molecular weight excluding hydrogens is 262 g/mol. The minimum atomic E-state index is -0.404. The highest BCUT2D eigenvalue weighted by molar-refractivity contribution is 8.15. The van der Waals surface area contributed by atoms with Gasteiger partial charge in [-0.25, -0.2) is 4.90 Å². The molecule has 0 bridgehead atoms. The molecule has 0 spiro atoms. The molecule has 0 saturated carbocycles. The van der Waals surface area contributed by atoms with Crippen LogP contribution in [0.2, 0.25) is 0 Å². The Hall–Kier alpha value is -1.82. The molecule has 1 aromatic carbocycles. The van der Waals surface area contributed by atoms with Gasteiger partial charge in [-0.3, -0.25) is 14.6 Å². The van der Waals surface area contributed by atoms with E-state index in [9.17, 15) is 9.59 Å². The Morgan fingerprint density at radius 2 is 2.05 bits per heavy atom. The van der Waals surface area contributed by atoms with Crippen molar-refractivity contribution in [2.75, 3.05) is 19.0 Å². The predicted molar refractivity (Wildman–Crippen MR) is 77.3 cm³/mol. The van der Waals surface area contributed by atoms with E-state index in [0.717, 1.165) is 0 Å². The second-order valence-corrected chi connectivity index (χ2v) is 5.18. The van der Waals surface area contributed by atoms with Crippen molar-refractivity contribution in [2.24, 2.45) is 4.99 Å². The second-order valence-electron chi connectivity index (χ2n) is 3.99. The highest BCUT2D eigenvalue weighted by Gasteiger charge is 2.40. The highest BCUT2D eigenvalue weighted by atomic mass is 32.2. The third-order valence-corrected chi connectivity index (χ3v) is 4.05. The molecule has 6 heteroatoms. The zero-order valence-electron chi connectivity index (χ0n) is 10.8. The van der Waals surface area contributed by atoms with Crippen LogP contribution in [-0.2, 0) is 9.59 Å². The van der Waals surface area contributed by atoms with Gasteiger partial charge in [0.2, 0.25) is 11.8 Å². The van der Waals surface area contributed by atoms with Gasteiger partial charge in [-0.2, -0.15) is 0 Å². The summed E-state index contributed by atoms with van der Waals surface area (Å²) in [4.78, 5) is 29.5. The number of anilines is 1. The molecule has 5 nitrogen and oxygen atoms in total. The molecule has 1 heterocycles. The van der Waals surface area contributed by atoms with Crippen molar-refractivity contribution < 1.29 is 9.59 Å². The maximum Gasteiger partial charge on any atom is 0.247 e. The average molecular weight is 277 g/mol. The van der Waals surface area contributed by atoms with Crippen LogP contribution in [0.1, 0.15) is 6.42 Å². The Labute approximate surface area is 116 Å². The molecule has 100 valence electrons. The topological polar surface area (TPSA) is 61.8 Å². The maximum atomic E-state index is 12.3. The van der Waals surface area contributed by atoms with Gasteiger partial charge in [-0.1, -0.05) is 30.0 Å². The molecule has 1 atom stereocenters. The maximum absolute atomic E-state index is 12.3. The van der Waals surface area contributed by atoms with Crippen molar-refractivity contribution in [3.8, 4) is 0 Å². The molecule has 1 fully saturated rings. The fraction of sp³-hybridized carbons (Fsp3) is 0.308. The second kappa shape index (κ2) is 5.88. The first-order valence-electron chi connectivity index (χ1n) is 5.90. The summed E-state index contributed by atoms with van der Waals surface area (Å²) in [5, 5.41) is 3.15. The number of amidine groups is 1. The SMILES string of the molecule is CN=C(NC)S[C@H]1CC(=O)N(c2ccccc2)C1=O. The van der Waals surface area contributed by atoms with Gasteiger partial charge in [0.15, 0.2) is 5.17 Å². The lowest BCUT2D eigenvalue weighted by Gasteiger charge is -2.14. The lowest BCUT2D eigenvalue weighted by Crippen LogP contribution is -2.32. The van der Waals surface area contributed by atoms with E-state index in [4.69, 9.17) is 0 Å². The van der Waals surface area contributed by atoms with E-state index in [0.29, 0.717) is 10.9 Å². The summed E-state index contributed by atoms with van der Waals surface area (Å²) >= 11 is 1.29. The number of benzene rings is 1. The van der Waals surface area contributed by atoms with E-state index in [1.54, 1.807) is 26.2 Å². The van der Waals surface area contributed by atoms with Crippen LogP contribution in [0.25, 0.3) is 0 Å². The number of amides is 2. The number of thioether (sulfide) groups is 1. The smallest absolute Gasteiger partial charge is 0.247 e. The first-order valence-corrected chi connectivity index (χ1v) is 6.78. The Bertz CT molecular complexity index is 516. The van der Waals surface area contributed by atoms with Gasteiger partial charge in [0, 0.05) is 20.5 Å². The van der Waals surface area contributed by atoms with Crippen LogP contribution in [0.4, 0.5) is 5.69 Å². The lowest BCUT2D eigenvalue weighted by atomic mass is 10.3. The molecule has 2 rings (SSSR count). The van der Waals surface area contributed by atoms with Gasteiger partial charge >= 0.3 is 0 Å². The molecule has 0 unspecified atom stereocenters. The van der Waals surface area contributed by atoms with Crippen LogP contribution in [0.15, 0.2) is 35.3 Å². The average Bonchev–Trinajstić information content (AvgIpc) is 2.71. The normalized spacial score (nSPS) is 20.0. The molecule has 1 aliphatic rings. The molecule has 0 radical (unpaired) electrons. The zero-order valence-corrected chi connectivity index (χ0v) is 11.6. The van der Waals surface area contributed by atoms with Gasteiger partial charge in [0.1, 0.15) is 5.25 Å². The Morgan fingerprint density at radius 3 is 2.63 bits per heavy atom. The number of hydrogen-bond donors (Lipinski definition) is 1. The lowest BCUT2D eigenvalue weighted by molar-refractivity contribution is -0.121. The van der Waals surface area contributed by atoms with E-state index < -0.39 is 5.25 Å². The number of carbonyl (C=O) groups is 2. The summed E-state index contributed by atoms with van der Waals surface area (Å²) in [5.74, 6) is -0.349. The first-order chi connectivity index (χ1) is 9.17. The van der Waals surface area contributed by atoms with Gasteiger partial charge < -0.3 is 5.32 Å². The van der Waals surface area contributed by atoms with Crippen molar-refractivity contribution in [3.63, 3.8) is 0 Å². The number of carbonyl (C=O) groups excluding carboxylic acids is 2. The van der Waals surface area contributed by atoms with Crippen molar-refractivity contribution >= 4 is 34.4 Å². The molecule has 1 saturated heterocycles. The zero-order chi connectivity index (χ0) is 13.8. The van der Waals surface area contributed by atoms with E-state index in [1.807, 2.05) is 18.2 Å². The van der Waals surface area contributed by atoms with Crippen molar-refractivity contribution in [2.45, 2.75) is 11.7 Å². The standard InChI is InChI=1S/C13H15N3O2S/c1-14-13(15-2)19-10-8-11(17)16(12(10)18)9-6-4-3-5-7-9/h3-7,10H,8H2,1-2H3,(H,14,15)/t10-/m0/s1. The summed E-state index contributed by atoms with van der Waals surface area (Å²) in [5.41, 5.74) is 0.625. The van der Waals surface area contributed by atoms with Crippen LogP contribution in [0, 0.1) is 0 Å². The van der Waals surface area contributed by atoms with E-state index in [-0.39, 0.29) is 18.2 Å². The Morgan fingerprint density at radius 1 is 1.37 bits per heavy atom. The first kappa shape index (κ1) is 13.6. The number of aliphatic imine (C=N–C) groups is 1. The third-order valence-electron chi connectivity index (χ3n) is 2.79. The molecule has 19 heavy (non-hydrogen) atoms. The summed E-state index contributed by atoms with van der Waals surface area (Å²) in [6, 6.07) is 8.99. The van der Waals surface area contributed by atoms with Crippen molar-refractivity contribution in [3.05, 3.63) is 30.3 Å².